The molecular formula is C11H7N3O6S. The van der Waals surface area contributed by atoms with E-state index in [2.05, 4.69) is 0 Å². The lowest BCUT2D eigenvalue weighted by Crippen LogP contribution is -2.10. The third-order valence-electron chi connectivity index (χ3n) is 2.39. The first-order chi connectivity index (χ1) is 9.88. The lowest BCUT2D eigenvalue weighted by molar-refractivity contribution is -0.384. The zero-order valence-electron chi connectivity index (χ0n) is 10.2. The van der Waals surface area contributed by atoms with Gasteiger partial charge in [-0.25, -0.2) is 0 Å². The maximum atomic E-state index is 11.2. The van der Waals surface area contributed by atoms with Crippen LogP contribution in [0.1, 0.15) is 10.4 Å². The van der Waals surface area contributed by atoms with Gasteiger partial charge in [-0.1, -0.05) is 0 Å². The molecule has 108 valence electrons. The number of amides is 1. The van der Waals surface area contributed by atoms with Crippen LogP contribution in [-0.4, -0.2) is 15.8 Å². The molecule has 0 bridgehead atoms. The summed E-state index contributed by atoms with van der Waals surface area (Å²) >= 11 is 0.645. The van der Waals surface area contributed by atoms with Crippen LogP contribution in [0, 0.1) is 20.2 Å². The van der Waals surface area contributed by atoms with E-state index in [4.69, 9.17) is 10.5 Å². The van der Waals surface area contributed by atoms with E-state index in [0.717, 1.165) is 6.07 Å². The number of primary amides is 1. The van der Waals surface area contributed by atoms with Crippen molar-refractivity contribution >= 4 is 27.9 Å². The Morgan fingerprint density at radius 1 is 1.14 bits per heavy atom. The van der Waals surface area contributed by atoms with Gasteiger partial charge in [-0.2, -0.15) is 0 Å². The summed E-state index contributed by atoms with van der Waals surface area (Å²) in [5.74, 6) is -0.670. The highest BCUT2D eigenvalue weighted by Gasteiger charge is 2.22. The fourth-order valence-electron chi connectivity index (χ4n) is 1.44. The van der Waals surface area contributed by atoms with Crippen LogP contribution in [0.3, 0.4) is 0 Å². The van der Waals surface area contributed by atoms with E-state index in [9.17, 15) is 25.0 Å². The summed E-state index contributed by atoms with van der Waals surface area (Å²) < 4.78 is 5.33. The molecule has 2 aromatic rings. The lowest BCUT2D eigenvalue weighted by atomic mass is 10.3. The molecule has 0 saturated heterocycles. The smallest absolute Gasteiger partial charge is 0.328 e. The van der Waals surface area contributed by atoms with Gasteiger partial charge in [-0.05, 0) is 23.5 Å². The molecule has 0 fully saturated rings. The van der Waals surface area contributed by atoms with Crippen LogP contribution < -0.4 is 10.5 Å². The molecule has 1 heterocycles. The van der Waals surface area contributed by atoms with Crippen molar-refractivity contribution in [2.24, 2.45) is 5.73 Å². The maximum Gasteiger partial charge on any atom is 0.328 e. The van der Waals surface area contributed by atoms with Gasteiger partial charge >= 0.3 is 5.00 Å². The van der Waals surface area contributed by atoms with Crippen molar-refractivity contribution in [2.45, 2.75) is 0 Å². The Hall–Kier alpha value is -3.01. The largest absolute Gasteiger partial charge is 0.446 e. The van der Waals surface area contributed by atoms with Gasteiger partial charge in [0, 0.05) is 18.2 Å². The van der Waals surface area contributed by atoms with Crippen molar-refractivity contribution in [2.75, 3.05) is 0 Å². The average Bonchev–Trinajstić information content (AvgIpc) is 2.83. The number of carbonyl (C=O) groups excluding carboxylic acids is 1. The molecular weight excluding hydrogens is 302 g/mol. The molecule has 0 atom stereocenters. The topological polar surface area (TPSA) is 139 Å². The van der Waals surface area contributed by atoms with Crippen LogP contribution in [0.4, 0.5) is 10.7 Å². The monoisotopic (exact) mass is 309 g/mol. The number of hydrogen-bond acceptors (Lipinski definition) is 7. The number of benzene rings is 1. The minimum atomic E-state index is -0.865. The minimum absolute atomic E-state index is 0.0388. The second-order valence-corrected chi connectivity index (χ2v) is 4.75. The zero-order chi connectivity index (χ0) is 15.6. The molecule has 1 aromatic heterocycles. The molecule has 10 heteroatoms. The molecule has 2 rings (SSSR count). The number of thiophene rings is 1. The first-order valence-electron chi connectivity index (χ1n) is 5.39. The number of hydrogen-bond donors (Lipinski definition) is 1. The Kier molecular flexibility index (Phi) is 3.80. The van der Waals surface area contributed by atoms with E-state index in [-0.39, 0.29) is 27.1 Å². The Bertz CT molecular complexity index is 724. The number of nitrogens with zero attached hydrogens (tertiary/aromatic N) is 2. The van der Waals surface area contributed by atoms with E-state index in [1.54, 1.807) is 0 Å². The summed E-state index contributed by atoms with van der Waals surface area (Å²) in [5, 5.41) is 20.9. The summed E-state index contributed by atoms with van der Waals surface area (Å²) in [7, 11) is 0. The number of carbonyl (C=O) groups is 1. The van der Waals surface area contributed by atoms with Crippen molar-refractivity contribution in [1.82, 2.24) is 0 Å². The second kappa shape index (κ2) is 5.54. The van der Waals surface area contributed by atoms with Gasteiger partial charge in [0.05, 0.1) is 9.85 Å². The van der Waals surface area contributed by atoms with Crippen molar-refractivity contribution < 1.29 is 19.4 Å². The molecule has 21 heavy (non-hydrogen) atoms. The number of nitro groups is 2. The molecule has 0 spiro atoms. The van der Waals surface area contributed by atoms with Gasteiger partial charge < -0.3 is 10.5 Å². The predicted octanol–water partition coefficient (Wildman–Crippen LogP) is 2.46. The van der Waals surface area contributed by atoms with E-state index in [1.165, 1.54) is 24.3 Å². The van der Waals surface area contributed by atoms with Crippen LogP contribution in [-0.2, 0) is 0 Å². The summed E-state index contributed by atoms with van der Waals surface area (Å²) in [6.07, 6.45) is 0. The van der Waals surface area contributed by atoms with E-state index in [0.29, 0.717) is 11.3 Å². The third-order valence-corrected chi connectivity index (χ3v) is 3.35. The molecule has 0 unspecified atom stereocenters. The SMILES string of the molecule is NC(=O)c1cc([N+](=O)[O-])sc1Oc1ccc([N+](=O)[O-])cc1. The van der Waals surface area contributed by atoms with Crippen LogP contribution in [0.25, 0.3) is 0 Å². The van der Waals surface area contributed by atoms with Gasteiger partial charge in [0.15, 0.2) is 5.06 Å². The van der Waals surface area contributed by atoms with Crippen molar-refractivity contribution in [1.29, 1.82) is 0 Å². The summed E-state index contributed by atoms with van der Waals surface area (Å²) in [4.78, 5) is 31.2. The molecule has 0 aliphatic rings. The Balaban J connectivity index is 2.32. The van der Waals surface area contributed by atoms with Gasteiger partial charge in [0.1, 0.15) is 11.3 Å². The summed E-state index contributed by atoms with van der Waals surface area (Å²) in [5.41, 5.74) is 4.87. The quantitative estimate of drug-likeness (QED) is 0.664. The lowest BCUT2D eigenvalue weighted by Gasteiger charge is -2.03. The zero-order valence-corrected chi connectivity index (χ0v) is 11.0. The molecule has 0 aliphatic carbocycles. The first kappa shape index (κ1) is 14.4. The number of nitrogens with two attached hydrogens (primary N) is 1. The fourth-order valence-corrected chi connectivity index (χ4v) is 2.29. The third kappa shape index (κ3) is 3.12. The van der Waals surface area contributed by atoms with E-state index < -0.39 is 15.8 Å². The first-order valence-corrected chi connectivity index (χ1v) is 6.20. The summed E-state index contributed by atoms with van der Waals surface area (Å²) in [6.45, 7) is 0. The molecule has 0 aliphatic heterocycles. The van der Waals surface area contributed by atoms with Crippen molar-refractivity contribution in [3.8, 4) is 10.8 Å². The van der Waals surface area contributed by atoms with E-state index in [1.807, 2.05) is 0 Å². The molecule has 1 aromatic carbocycles. The van der Waals surface area contributed by atoms with Crippen LogP contribution >= 0.6 is 11.3 Å². The fraction of sp³-hybridized carbons (Fsp3) is 0. The Morgan fingerprint density at radius 2 is 1.76 bits per heavy atom. The predicted molar refractivity (Wildman–Crippen MR) is 72.7 cm³/mol. The minimum Gasteiger partial charge on any atom is -0.446 e. The highest BCUT2D eigenvalue weighted by atomic mass is 32.1. The maximum absolute atomic E-state index is 11.2. The van der Waals surface area contributed by atoms with Gasteiger partial charge in [-0.3, -0.25) is 25.0 Å². The standard InChI is InChI=1S/C11H7N3O6S/c12-10(15)8-5-9(14(18)19)21-11(8)20-7-3-1-6(2-4-7)13(16)17/h1-5H,(H2,12,15). The average molecular weight is 309 g/mol. The van der Waals surface area contributed by atoms with Crippen LogP contribution in [0.2, 0.25) is 0 Å². The number of rotatable bonds is 5. The highest BCUT2D eigenvalue weighted by molar-refractivity contribution is 7.17. The molecule has 2 N–H and O–H groups in total. The number of nitro benzene ring substituents is 1. The normalized spacial score (nSPS) is 10.1. The molecule has 1 amide bonds. The number of non-ortho nitro benzene ring substituents is 1. The molecule has 0 saturated carbocycles. The van der Waals surface area contributed by atoms with E-state index >= 15 is 0 Å². The van der Waals surface area contributed by atoms with Gasteiger partial charge in [0.2, 0.25) is 0 Å². The highest BCUT2D eigenvalue weighted by Crippen LogP contribution is 2.38. The van der Waals surface area contributed by atoms with Crippen molar-refractivity contribution in [3.63, 3.8) is 0 Å². The van der Waals surface area contributed by atoms with Gasteiger partial charge in [0.25, 0.3) is 11.6 Å². The van der Waals surface area contributed by atoms with Crippen LogP contribution in [0.15, 0.2) is 30.3 Å². The summed E-state index contributed by atoms with van der Waals surface area (Å²) in [6, 6.07) is 6.07. The van der Waals surface area contributed by atoms with Crippen LogP contribution in [0.5, 0.6) is 10.8 Å². The van der Waals surface area contributed by atoms with Gasteiger partial charge in [-0.15, -0.1) is 0 Å². The Labute approximate surface area is 120 Å². The number of ether oxygens (including phenoxy) is 1. The second-order valence-electron chi connectivity index (χ2n) is 3.76. The molecule has 0 radical (unpaired) electrons. The van der Waals surface area contributed by atoms with Crippen molar-refractivity contribution in [3.05, 3.63) is 56.1 Å². The Morgan fingerprint density at radius 3 is 2.24 bits per heavy atom. The molecule has 9 nitrogen and oxygen atoms in total.